The van der Waals surface area contributed by atoms with Gasteiger partial charge in [-0.3, -0.25) is 4.79 Å². The minimum absolute atomic E-state index is 0.0839. The van der Waals surface area contributed by atoms with Crippen LogP contribution in [-0.2, 0) is 0 Å². The van der Waals surface area contributed by atoms with Crippen LogP contribution in [0.25, 0.3) is 0 Å². The lowest BCUT2D eigenvalue weighted by atomic mass is 10.2. The molecule has 0 spiro atoms. The fraction of sp³-hybridized carbons (Fsp3) is 0. The van der Waals surface area contributed by atoms with Crippen molar-refractivity contribution in [3.8, 4) is 0 Å². The average molecular weight is 183 g/mol. The molecule has 2 nitrogen and oxygen atoms in total. The van der Waals surface area contributed by atoms with E-state index in [0.717, 1.165) is 5.56 Å². The van der Waals surface area contributed by atoms with E-state index >= 15 is 0 Å². The van der Waals surface area contributed by atoms with Crippen molar-refractivity contribution in [2.75, 3.05) is 0 Å². The number of aromatic nitrogens is 1. The first-order valence-electron chi connectivity index (χ1n) is 3.12. The van der Waals surface area contributed by atoms with Crippen LogP contribution in [0.4, 0.5) is 0 Å². The van der Waals surface area contributed by atoms with E-state index in [9.17, 15) is 4.79 Å². The van der Waals surface area contributed by atoms with Crippen LogP contribution in [-0.4, -0.2) is 9.25 Å². The molecule has 0 aliphatic heterocycles. The van der Waals surface area contributed by atoms with E-state index in [0.29, 0.717) is 0 Å². The molecule has 0 aliphatic rings. The molecule has 4 heteroatoms. The molecular formula is C7H5NOS2. The van der Waals surface area contributed by atoms with Gasteiger partial charge in [-0.2, -0.15) is 3.35 Å². The van der Waals surface area contributed by atoms with Crippen LogP contribution in [0.2, 0.25) is 0 Å². The molecule has 0 fully saturated rings. The van der Waals surface area contributed by atoms with Gasteiger partial charge in [0.25, 0.3) is 5.91 Å². The molecule has 1 aromatic carbocycles. The van der Waals surface area contributed by atoms with E-state index in [1.807, 2.05) is 30.3 Å². The summed E-state index contributed by atoms with van der Waals surface area (Å²) in [5.74, 6) is 0.0839. The number of nitrogens with zero attached hydrogens (tertiary/aromatic N) is 1. The van der Waals surface area contributed by atoms with Crippen LogP contribution < -0.4 is 0 Å². The molecule has 0 radical (unpaired) electrons. The normalized spacial score (nSPS) is 10.2. The van der Waals surface area contributed by atoms with Crippen molar-refractivity contribution in [3.05, 3.63) is 35.9 Å². The van der Waals surface area contributed by atoms with Gasteiger partial charge in [0.05, 0.1) is 0 Å². The van der Waals surface area contributed by atoms with E-state index in [-0.39, 0.29) is 5.91 Å². The lowest BCUT2D eigenvalue weighted by molar-refractivity contribution is 0.0983. The third kappa shape index (κ3) is 1.41. The number of carbonyl (C=O) groups is 1. The van der Waals surface area contributed by atoms with Gasteiger partial charge in [0.15, 0.2) is 0 Å². The molecule has 1 heterocycles. The summed E-state index contributed by atoms with van der Waals surface area (Å²) in [6.07, 6.45) is 0. The zero-order valence-electron chi connectivity index (χ0n) is 5.56. The first-order valence-corrected chi connectivity index (χ1v) is 5.18. The second-order valence-electron chi connectivity index (χ2n) is 2.08. The summed E-state index contributed by atoms with van der Waals surface area (Å²) < 4.78 is 1.65. The van der Waals surface area contributed by atoms with Gasteiger partial charge >= 0.3 is 0 Å². The maximum atomic E-state index is 11.3. The minimum Gasteiger partial charge on any atom is -0.266 e. The monoisotopic (exact) mass is 183 g/mol. The Morgan fingerprint density at radius 3 is 2.36 bits per heavy atom. The molecule has 0 bridgehead atoms. The number of rotatable bonds is 1. The van der Waals surface area contributed by atoms with Crippen LogP contribution in [0, 0.1) is 0 Å². The van der Waals surface area contributed by atoms with Crippen molar-refractivity contribution >= 4 is 27.0 Å². The first-order chi connectivity index (χ1) is 5.38. The van der Waals surface area contributed by atoms with Crippen molar-refractivity contribution in [3.63, 3.8) is 0 Å². The van der Waals surface area contributed by atoms with Gasteiger partial charge in [-0.05, 0) is 12.1 Å². The highest BCUT2D eigenvalue weighted by Crippen LogP contribution is 2.19. The van der Waals surface area contributed by atoms with Crippen LogP contribution in [0.3, 0.4) is 0 Å². The van der Waals surface area contributed by atoms with Crippen molar-refractivity contribution < 1.29 is 4.79 Å². The summed E-state index contributed by atoms with van der Waals surface area (Å²) in [6.45, 7) is 0. The molecule has 0 amide bonds. The molecule has 0 saturated heterocycles. The lowest BCUT2D eigenvalue weighted by Crippen LogP contribution is -2.01. The second-order valence-corrected chi connectivity index (χ2v) is 4.23. The molecule has 1 aromatic heterocycles. The highest BCUT2D eigenvalue weighted by Gasteiger charge is 2.11. The quantitative estimate of drug-likeness (QED) is 0.622. The fourth-order valence-electron chi connectivity index (χ4n) is 0.771. The topological polar surface area (TPSA) is 22.0 Å². The zero-order chi connectivity index (χ0) is 7.68. The van der Waals surface area contributed by atoms with E-state index in [2.05, 4.69) is 0 Å². The lowest BCUT2D eigenvalue weighted by Gasteiger charge is -1.91. The summed E-state index contributed by atoms with van der Waals surface area (Å²) >= 11 is 0. The summed E-state index contributed by atoms with van der Waals surface area (Å²) in [5, 5.41) is 0. The first kappa shape index (κ1) is 6.82. The van der Waals surface area contributed by atoms with Gasteiger partial charge in [-0.15, -0.1) is 0 Å². The molecule has 0 saturated carbocycles. The Kier molecular flexibility index (Phi) is 1.63. The minimum atomic E-state index is 0.0839. The highest BCUT2D eigenvalue weighted by molar-refractivity contribution is 7.77. The Balaban J connectivity index is 2.32. The van der Waals surface area contributed by atoms with E-state index in [1.165, 1.54) is 21.1 Å². The van der Waals surface area contributed by atoms with Gasteiger partial charge in [0, 0.05) is 26.6 Å². The predicted octanol–water partition coefficient (Wildman–Crippen LogP) is 2.30. The molecule has 56 valence electrons. The molecular weight excluding hydrogens is 178 g/mol. The Labute approximate surface area is 71.4 Å². The van der Waals surface area contributed by atoms with Crippen LogP contribution >= 0.6 is 21.1 Å². The van der Waals surface area contributed by atoms with E-state index in [4.69, 9.17) is 0 Å². The summed E-state index contributed by atoms with van der Waals surface area (Å²) in [4.78, 5) is 11.3. The van der Waals surface area contributed by atoms with Gasteiger partial charge < -0.3 is 0 Å². The number of hydrogen-bond donors (Lipinski definition) is 0. The van der Waals surface area contributed by atoms with Crippen LogP contribution in [0.5, 0.6) is 0 Å². The van der Waals surface area contributed by atoms with Gasteiger partial charge in [-0.1, -0.05) is 18.2 Å². The fourth-order valence-corrected chi connectivity index (χ4v) is 1.66. The Morgan fingerprint density at radius 1 is 1.18 bits per heavy atom. The van der Waals surface area contributed by atoms with Crippen LogP contribution in [0.15, 0.2) is 30.3 Å². The van der Waals surface area contributed by atoms with Gasteiger partial charge in [0.2, 0.25) is 0 Å². The van der Waals surface area contributed by atoms with Crippen molar-refractivity contribution in [2.24, 2.45) is 0 Å². The summed E-state index contributed by atoms with van der Waals surface area (Å²) in [7, 11) is 2.94. The maximum Gasteiger partial charge on any atom is 0.282 e. The number of carbonyl (C=O) groups excluding carboxylic acids is 1. The maximum absolute atomic E-state index is 11.3. The van der Waals surface area contributed by atoms with Gasteiger partial charge in [0.1, 0.15) is 0 Å². The molecule has 2 aromatic rings. The third-order valence-corrected chi connectivity index (χ3v) is 2.86. The zero-order valence-corrected chi connectivity index (χ0v) is 7.19. The molecule has 0 atom stereocenters. The standard InChI is InChI=1S/C7H5NOS2/c9-7(8-10-11-8)6-4-2-1-3-5-6/h1-5H. The van der Waals surface area contributed by atoms with E-state index < -0.39 is 0 Å². The highest BCUT2D eigenvalue weighted by atomic mass is 33.0. The van der Waals surface area contributed by atoms with Crippen LogP contribution in [0.1, 0.15) is 10.4 Å². The van der Waals surface area contributed by atoms with Crippen molar-refractivity contribution in [2.45, 2.75) is 0 Å². The smallest absolute Gasteiger partial charge is 0.266 e. The number of hydrogen-bond acceptors (Lipinski definition) is 3. The largest absolute Gasteiger partial charge is 0.282 e. The Hall–Kier alpha value is -0.870. The number of benzene rings is 1. The van der Waals surface area contributed by atoms with Crippen molar-refractivity contribution in [1.29, 1.82) is 0 Å². The van der Waals surface area contributed by atoms with E-state index in [1.54, 1.807) is 3.35 Å². The van der Waals surface area contributed by atoms with Gasteiger partial charge in [-0.25, -0.2) is 0 Å². The second kappa shape index (κ2) is 2.64. The Morgan fingerprint density at radius 2 is 1.82 bits per heavy atom. The molecule has 0 unspecified atom stereocenters. The molecule has 2 rings (SSSR count). The summed E-state index contributed by atoms with van der Waals surface area (Å²) in [5.41, 5.74) is 0.755. The molecule has 0 aliphatic carbocycles. The Bertz CT molecular complexity index is 335. The third-order valence-electron chi connectivity index (χ3n) is 1.34. The van der Waals surface area contributed by atoms with Crippen molar-refractivity contribution in [1.82, 2.24) is 3.35 Å². The SMILES string of the molecule is O=C(c1ccccc1)n1ss1. The predicted molar refractivity (Wildman–Crippen MR) is 46.4 cm³/mol. The summed E-state index contributed by atoms with van der Waals surface area (Å²) in [6, 6.07) is 9.28. The molecule has 11 heavy (non-hydrogen) atoms. The average Bonchev–Trinajstić information content (AvgIpc) is 2.87. The molecule has 0 N–H and O–H groups in total.